The molecule has 1 aliphatic rings. The average molecular weight is 659 g/mol. The van der Waals surface area contributed by atoms with E-state index in [1.165, 1.54) is 11.8 Å². The minimum atomic E-state index is -3.88. The summed E-state index contributed by atoms with van der Waals surface area (Å²) in [5.74, 6) is -0.124. The van der Waals surface area contributed by atoms with Gasteiger partial charge in [-0.05, 0) is 55.7 Å². The number of halogens is 1. The highest BCUT2D eigenvalue weighted by Crippen LogP contribution is 2.36. The summed E-state index contributed by atoms with van der Waals surface area (Å²) in [6, 6.07) is 20.7. The standard InChI is InChI=1S/C31H36BrN3O6S/c1-4-22(3)33-31(37)27(17-23-9-7-6-8-10-23)34(19-24-11-13-25(32)14-12-24)30(36)20-35(42(38,39)5-2)26-15-16-28-29(18-26)41-21-40-28/h6-16,18,22,27H,4-5,17,19-21H2,1-3H3,(H,33,37)/t22-,27-/m0/s1. The third-order valence-electron chi connectivity index (χ3n) is 7.16. The van der Waals surface area contributed by atoms with E-state index in [1.807, 2.05) is 68.4 Å². The summed E-state index contributed by atoms with van der Waals surface area (Å²) in [7, 11) is -3.88. The third-order valence-corrected chi connectivity index (χ3v) is 9.43. The predicted octanol–water partition coefficient (Wildman–Crippen LogP) is 4.89. The lowest BCUT2D eigenvalue weighted by atomic mass is 10.0. The van der Waals surface area contributed by atoms with E-state index < -0.39 is 28.5 Å². The average Bonchev–Trinajstić information content (AvgIpc) is 3.47. The van der Waals surface area contributed by atoms with Gasteiger partial charge in [0.2, 0.25) is 28.6 Å². The SMILES string of the molecule is CC[C@H](C)NC(=O)[C@H](Cc1ccccc1)N(Cc1ccc(Br)cc1)C(=O)CN(c1ccc2c(c1)OCO2)S(=O)(=O)CC. The van der Waals surface area contributed by atoms with Gasteiger partial charge in [0, 0.05) is 29.5 Å². The summed E-state index contributed by atoms with van der Waals surface area (Å²) in [5, 5.41) is 3.03. The van der Waals surface area contributed by atoms with Crippen molar-refractivity contribution in [3.63, 3.8) is 0 Å². The summed E-state index contributed by atoms with van der Waals surface area (Å²) in [6.45, 7) is 5.06. The Morgan fingerprint density at radius 3 is 2.31 bits per heavy atom. The fourth-order valence-corrected chi connectivity index (χ4v) is 5.86. The molecule has 0 spiro atoms. The zero-order valence-electron chi connectivity index (χ0n) is 24.0. The molecule has 0 radical (unpaired) electrons. The molecule has 1 N–H and O–H groups in total. The van der Waals surface area contributed by atoms with E-state index in [-0.39, 0.29) is 43.1 Å². The number of fused-ring (bicyclic) bond motifs is 1. The van der Waals surface area contributed by atoms with E-state index in [0.29, 0.717) is 11.5 Å². The van der Waals surface area contributed by atoms with Crippen molar-refractivity contribution >= 4 is 43.5 Å². The summed E-state index contributed by atoms with van der Waals surface area (Å²) in [4.78, 5) is 29.5. The number of ether oxygens (including phenoxy) is 2. The topological polar surface area (TPSA) is 105 Å². The quantitative estimate of drug-likeness (QED) is 0.281. The molecule has 2 amide bonds. The molecule has 0 fully saturated rings. The normalized spacial score (nSPS) is 13.7. The van der Waals surface area contributed by atoms with Crippen molar-refractivity contribution in [1.82, 2.24) is 10.2 Å². The second-order valence-electron chi connectivity index (χ2n) is 10.1. The van der Waals surface area contributed by atoms with Crippen molar-refractivity contribution in [2.24, 2.45) is 0 Å². The number of carbonyl (C=O) groups excluding carboxylic acids is 2. The Labute approximate surface area is 256 Å². The molecule has 1 aliphatic heterocycles. The Balaban J connectivity index is 1.74. The first kappa shape index (κ1) is 31.4. The fourth-order valence-electron chi connectivity index (χ4n) is 4.54. The van der Waals surface area contributed by atoms with Crippen molar-refractivity contribution in [3.8, 4) is 11.5 Å². The first-order valence-corrected chi connectivity index (χ1v) is 16.3. The molecular weight excluding hydrogens is 622 g/mol. The highest BCUT2D eigenvalue weighted by molar-refractivity contribution is 9.10. The van der Waals surface area contributed by atoms with Gasteiger partial charge in [0.15, 0.2) is 11.5 Å². The lowest BCUT2D eigenvalue weighted by molar-refractivity contribution is -0.140. The minimum Gasteiger partial charge on any atom is -0.454 e. The van der Waals surface area contributed by atoms with Crippen molar-refractivity contribution in [1.29, 1.82) is 0 Å². The smallest absolute Gasteiger partial charge is 0.244 e. The molecule has 3 aromatic rings. The second-order valence-corrected chi connectivity index (χ2v) is 13.2. The molecule has 224 valence electrons. The van der Waals surface area contributed by atoms with E-state index >= 15 is 0 Å². The molecule has 0 aliphatic carbocycles. The molecular formula is C31H36BrN3O6S. The third kappa shape index (κ3) is 7.83. The van der Waals surface area contributed by atoms with Crippen molar-refractivity contribution in [2.45, 2.75) is 52.2 Å². The molecule has 0 bridgehead atoms. The summed E-state index contributed by atoms with van der Waals surface area (Å²) in [6.07, 6.45) is 0.979. The van der Waals surface area contributed by atoms with Gasteiger partial charge in [0.1, 0.15) is 12.6 Å². The van der Waals surface area contributed by atoms with Crippen LogP contribution in [-0.4, -0.2) is 56.3 Å². The lowest BCUT2D eigenvalue weighted by Gasteiger charge is -2.34. The number of nitrogens with one attached hydrogen (secondary N) is 1. The van der Waals surface area contributed by atoms with Gasteiger partial charge in [-0.3, -0.25) is 13.9 Å². The van der Waals surface area contributed by atoms with Crippen LogP contribution in [0.25, 0.3) is 0 Å². The van der Waals surface area contributed by atoms with E-state index in [2.05, 4.69) is 21.2 Å². The number of carbonyl (C=O) groups is 2. The number of rotatable bonds is 13. The molecule has 0 aromatic heterocycles. The zero-order valence-corrected chi connectivity index (χ0v) is 26.4. The fraction of sp³-hybridized carbons (Fsp3) is 0.355. The second kappa shape index (κ2) is 14.1. The van der Waals surface area contributed by atoms with Crippen LogP contribution >= 0.6 is 15.9 Å². The van der Waals surface area contributed by atoms with Crippen LogP contribution in [0.4, 0.5) is 5.69 Å². The molecule has 4 rings (SSSR count). The van der Waals surface area contributed by atoms with Gasteiger partial charge in [0.25, 0.3) is 0 Å². The molecule has 9 nitrogen and oxygen atoms in total. The molecule has 3 aromatic carbocycles. The Morgan fingerprint density at radius 1 is 0.952 bits per heavy atom. The van der Waals surface area contributed by atoms with Crippen LogP contribution in [0.15, 0.2) is 77.3 Å². The van der Waals surface area contributed by atoms with Crippen LogP contribution in [0.1, 0.15) is 38.3 Å². The Bertz CT molecular complexity index is 1480. The van der Waals surface area contributed by atoms with Gasteiger partial charge < -0.3 is 19.7 Å². The molecule has 0 saturated carbocycles. The van der Waals surface area contributed by atoms with Gasteiger partial charge in [-0.2, -0.15) is 0 Å². The number of benzene rings is 3. The van der Waals surface area contributed by atoms with Gasteiger partial charge in [-0.1, -0.05) is 65.3 Å². The van der Waals surface area contributed by atoms with Crippen LogP contribution < -0.4 is 19.1 Å². The highest BCUT2D eigenvalue weighted by atomic mass is 79.9. The monoisotopic (exact) mass is 657 g/mol. The maximum absolute atomic E-state index is 14.3. The summed E-state index contributed by atoms with van der Waals surface area (Å²) in [5.41, 5.74) is 1.96. The molecule has 0 saturated heterocycles. The van der Waals surface area contributed by atoms with E-state index in [0.717, 1.165) is 26.3 Å². The number of hydrogen-bond acceptors (Lipinski definition) is 6. The van der Waals surface area contributed by atoms with Crippen molar-refractivity contribution in [3.05, 3.63) is 88.4 Å². The van der Waals surface area contributed by atoms with Gasteiger partial charge in [-0.25, -0.2) is 8.42 Å². The Kier molecular flexibility index (Phi) is 10.5. The minimum absolute atomic E-state index is 0.0334. The van der Waals surface area contributed by atoms with Crippen LogP contribution in [0, 0.1) is 0 Å². The maximum Gasteiger partial charge on any atom is 0.244 e. The zero-order chi connectivity index (χ0) is 30.3. The summed E-state index contributed by atoms with van der Waals surface area (Å²) >= 11 is 3.44. The maximum atomic E-state index is 14.3. The lowest BCUT2D eigenvalue weighted by Crippen LogP contribution is -2.54. The molecule has 11 heteroatoms. The van der Waals surface area contributed by atoms with Gasteiger partial charge in [0.05, 0.1) is 11.4 Å². The van der Waals surface area contributed by atoms with E-state index in [9.17, 15) is 18.0 Å². The van der Waals surface area contributed by atoms with E-state index in [1.54, 1.807) is 18.2 Å². The first-order valence-electron chi connectivity index (χ1n) is 13.9. The van der Waals surface area contributed by atoms with E-state index in [4.69, 9.17) is 9.47 Å². The first-order chi connectivity index (χ1) is 20.1. The number of amides is 2. The molecule has 0 unspecified atom stereocenters. The molecule has 2 atom stereocenters. The number of nitrogens with zero attached hydrogens (tertiary/aromatic N) is 2. The Morgan fingerprint density at radius 2 is 1.64 bits per heavy atom. The van der Waals surface area contributed by atoms with Crippen LogP contribution in [-0.2, 0) is 32.6 Å². The number of hydrogen-bond donors (Lipinski definition) is 1. The van der Waals surface area contributed by atoms with Crippen molar-refractivity contribution in [2.75, 3.05) is 23.4 Å². The van der Waals surface area contributed by atoms with Gasteiger partial charge >= 0.3 is 0 Å². The highest BCUT2D eigenvalue weighted by Gasteiger charge is 2.34. The van der Waals surface area contributed by atoms with Crippen LogP contribution in [0.2, 0.25) is 0 Å². The van der Waals surface area contributed by atoms with Crippen LogP contribution in [0.3, 0.4) is 0 Å². The predicted molar refractivity (Wildman–Crippen MR) is 166 cm³/mol. The summed E-state index contributed by atoms with van der Waals surface area (Å²) < 4.78 is 39.5. The van der Waals surface area contributed by atoms with Gasteiger partial charge in [-0.15, -0.1) is 0 Å². The number of anilines is 1. The Hall–Kier alpha value is -3.57. The van der Waals surface area contributed by atoms with Crippen LogP contribution in [0.5, 0.6) is 11.5 Å². The molecule has 1 heterocycles. The largest absolute Gasteiger partial charge is 0.454 e. The van der Waals surface area contributed by atoms with Crippen molar-refractivity contribution < 1.29 is 27.5 Å². The number of sulfonamides is 1. The molecule has 42 heavy (non-hydrogen) atoms.